The van der Waals surface area contributed by atoms with Crippen molar-refractivity contribution in [3.05, 3.63) is 98.1 Å². The second-order valence-electron chi connectivity index (χ2n) is 11.0. The minimum Gasteiger partial charge on any atom is -0.507 e. The third-order valence-corrected chi connectivity index (χ3v) is 10.0. The summed E-state index contributed by atoms with van der Waals surface area (Å²) < 4.78 is 0. The lowest BCUT2D eigenvalue weighted by atomic mass is 9.86. The number of hydrogen-bond acceptors (Lipinski definition) is 6. The van der Waals surface area contributed by atoms with Crippen LogP contribution in [0.1, 0.15) is 74.4 Å². The molecule has 0 aromatic heterocycles. The molecular formula is C34H36O4S2. The maximum atomic E-state index is 13.9. The Morgan fingerprint density at radius 3 is 1.85 bits per heavy atom. The van der Waals surface area contributed by atoms with Crippen LogP contribution in [0, 0.1) is 41.5 Å². The molecule has 4 nitrogen and oxygen atoms in total. The number of Topliss-reactive ketones (excluding diaryl/α,β-unsaturated/α-hetero) is 1. The van der Waals surface area contributed by atoms with Crippen LogP contribution in [0.4, 0.5) is 0 Å². The fourth-order valence-electron chi connectivity index (χ4n) is 5.36. The first-order chi connectivity index (χ1) is 18.8. The molecule has 0 radical (unpaired) electrons. The molecule has 0 heterocycles. The molecule has 40 heavy (non-hydrogen) atoms. The SMILES string of the molecule is CC(C)=CCC(Sc1c(C)cc(C)cc1C)C1=CC(=O)c2c(O)c(Sc3c(C)cc(C)cc3C)cc(O)c2C1=O. The molecule has 0 aliphatic heterocycles. The van der Waals surface area contributed by atoms with Crippen LogP contribution < -0.4 is 0 Å². The molecule has 0 fully saturated rings. The summed E-state index contributed by atoms with van der Waals surface area (Å²) in [4.78, 5) is 29.8. The maximum Gasteiger partial charge on any atom is 0.194 e. The molecule has 0 amide bonds. The van der Waals surface area contributed by atoms with Gasteiger partial charge < -0.3 is 10.2 Å². The Morgan fingerprint density at radius 1 is 0.800 bits per heavy atom. The highest BCUT2D eigenvalue weighted by Gasteiger charge is 2.36. The highest BCUT2D eigenvalue weighted by atomic mass is 32.2. The summed E-state index contributed by atoms with van der Waals surface area (Å²) in [6.45, 7) is 16.2. The van der Waals surface area contributed by atoms with E-state index in [0.29, 0.717) is 16.9 Å². The lowest BCUT2D eigenvalue weighted by Gasteiger charge is -2.25. The third-order valence-electron chi connectivity index (χ3n) is 7.03. The van der Waals surface area contributed by atoms with Gasteiger partial charge in [-0.25, -0.2) is 0 Å². The Bertz CT molecular complexity index is 1560. The van der Waals surface area contributed by atoms with E-state index in [0.717, 1.165) is 43.2 Å². The fourth-order valence-corrected chi connectivity index (χ4v) is 7.66. The van der Waals surface area contributed by atoms with Crippen LogP contribution in [0.15, 0.2) is 68.3 Å². The Morgan fingerprint density at radius 2 is 1.32 bits per heavy atom. The number of thioether (sulfide) groups is 1. The molecule has 0 bridgehead atoms. The first-order valence-electron chi connectivity index (χ1n) is 13.3. The van der Waals surface area contributed by atoms with Crippen molar-refractivity contribution < 1.29 is 19.8 Å². The number of phenolic OH excluding ortho intramolecular Hbond substituents is 2. The summed E-state index contributed by atoms with van der Waals surface area (Å²) in [6.07, 6.45) is 3.97. The molecule has 0 spiro atoms. The zero-order chi connectivity index (χ0) is 29.5. The molecule has 1 atom stereocenters. The predicted molar refractivity (Wildman–Crippen MR) is 166 cm³/mol. The van der Waals surface area contributed by atoms with Crippen LogP contribution in [0.2, 0.25) is 0 Å². The number of phenols is 2. The van der Waals surface area contributed by atoms with Gasteiger partial charge in [0.25, 0.3) is 0 Å². The van der Waals surface area contributed by atoms with E-state index in [2.05, 4.69) is 51.1 Å². The van der Waals surface area contributed by atoms with E-state index in [9.17, 15) is 19.8 Å². The van der Waals surface area contributed by atoms with Gasteiger partial charge in [-0.3, -0.25) is 9.59 Å². The van der Waals surface area contributed by atoms with Crippen LogP contribution in [0.25, 0.3) is 0 Å². The molecule has 1 unspecified atom stereocenters. The standard InChI is InChI=1S/C34H36O4S2/c1-17(2)9-10-27(39-33-20(5)11-18(3)12-21(33)6)24-15-25(35)30-29(31(24)37)26(36)16-28(32(30)38)40-34-22(7)13-19(4)14-23(34)8/h9,11-16,27,36,38H,10H2,1-8H3. The smallest absolute Gasteiger partial charge is 0.194 e. The van der Waals surface area contributed by atoms with Gasteiger partial charge in [-0.05, 0) is 96.2 Å². The normalized spacial score (nSPS) is 13.7. The number of benzene rings is 3. The van der Waals surface area contributed by atoms with E-state index in [4.69, 9.17) is 0 Å². The van der Waals surface area contributed by atoms with Gasteiger partial charge in [0, 0.05) is 20.6 Å². The Kier molecular flexibility index (Phi) is 8.72. The van der Waals surface area contributed by atoms with Crippen LogP contribution in [0.5, 0.6) is 11.5 Å². The van der Waals surface area contributed by atoms with Crippen LogP contribution in [0.3, 0.4) is 0 Å². The summed E-state index contributed by atoms with van der Waals surface area (Å²) in [5, 5.41) is 22.0. The molecule has 0 saturated heterocycles. The molecule has 0 saturated carbocycles. The number of allylic oxidation sites excluding steroid dienone is 3. The highest BCUT2D eigenvalue weighted by molar-refractivity contribution is 8.00. The zero-order valence-electron chi connectivity index (χ0n) is 24.4. The second kappa shape index (κ2) is 11.7. The van der Waals surface area contributed by atoms with Gasteiger partial charge in [0.2, 0.25) is 0 Å². The van der Waals surface area contributed by atoms with Gasteiger partial charge in [0.1, 0.15) is 11.5 Å². The minimum atomic E-state index is -0.475. The largest absolute Gasteiger partial charge is 0.507 e. The van der Waals surface area contributed by atoms with Crippen LogP contribution >= 0.6 is 23.5 Å². The van der Waals surface area contributed by atoms with Gasteiger partial charge in [0.05, 0.1) is 16.0 Å². The van der Waals surface area contributed by atoms with E-state index in [1.807, 2.05) is 34.6 Å². The summed E-state index contributed by atoms with van der Waals surface area (Å²) in [5.74, 6) is -1.47. The molecule has 3 aromatic carbocycles. The molecular weight excluding hydrogens is 537 g/mol. The Labute approximate surface area is 245 Å². The van der Waals surface area contributed by atoms with Crippen molar-refractivity contribution in [2.75, 3.05) is 0 Å². The van der Waals surface area contributed by atoms with Crippen molar-refractivity contribution in [1.82, 2.24) is 0 Å². The van der Waals surface area contributed by atoms with Crippen LogP contribution in [-0.4, -0.2) is 27.0 Å². The van der Waals surface area contributed by atoms with Crippen molar-refractivity contribution in [2.45, 2.75) is 81.7 Å². The number of aromatic hydroxyl groups is 2. The molecule has 4 rings (SSSR count). The van der Waals surface area contributed by atoms with E-state index in [-0.39, 0.29) is 27.9 Å². The number of carbonyl (C=O) groups is 2. The minimum absolute atomic E-state index is 0.123. The molecule has 1 aliphatic rings. The van der Waals surface area contributed by atoms with Gasteiger partial charge >= 0.3 is 0 Å². The van der Waals surface area contributed by atoms with Gasteiger partial charge in [0.15, 0.2) is 11.6 Å². The summed E-state index contributed by atoms with van der Waals surface area (Å²) in [6, 6.07) is 9.74. The van der Waals surface area contributed by atoms with E-state index in [1.165, 1.54) is 29.5 Å². The highest BCUT2D eigenvalue weighted by Crippen LogP contribution is 2.47. The average Bonchev–Trinajstić information content (AvgIpc) is 2.84. The van der Waals surface area contributed by atoms with Crippen molar-refractivity contribution >= 4 is 35.1 Å². The van der Waals surface area contributed by atoms with Gasteiger partial charge in [-0.15, -0.1) is 11.8 Å². The summed E-state index contributed by atoms with van der Waals surface area (Å²) in [5.41, 5.74) is 7.79. The summed E-state index contributed by atoms with van der Waals surface area (Å²) >= 11 is 2.85. The predicted octanol–water partition coefficient (Wildman–Crippen LogP) is 8.92. The molecule has 3 aromatic rings. The maximum absolute atomic E-state index is 13.9. The topological polar surface area (TPSA) is 74.6 Å². The van der Waals surface area contributed by atoms with E-state index in [1.54, 1.807) is 11.8 Å². The quantitative estimate of drug-likeness (QED) is 0.167. The molecule has 1 aliphatic carbocycles. The van der Waals surface area contributed by atoms with Crippen molar-refractivity contribution in [1.29, 1.82) is 0 Å². The zero-order valence-corrected chi connectivity index (χ0v) is 26.0. The summed E-state index contributed by atoms with van der Waals surface area (Å²) in [7, 11) is 0. The first-order valence-corrected chi connectivity index (χ1v) is 15.0. The lowest BCUT2D eigenvalue weighted by molar-refractivity contribution is 0.0977. The number of carbonyl (C=O) groups excluding carboxylic acids is 2. The Hall–Kier alpha value is -3.22. The number of fused-ring (bicyclic) bond motifs is 1. The first kappa shape index (κ1) is 29.8. The Balaban J connectivity index is 1.78. The number of aryl methyl sites for hydroxylation is 6. The van der Waals surface area contributed by atoms with Gasteiger partial charge in [-0.2, -0.15) is 0 Å². The molecule has 2 N–H and O–H groups in total. The van der Waals surface area contributed by atoms with Crippen molar-refractivity contribution in [3.8, 4) is 11.5 Å². The second-order valence-corrected chi connectivity index (χ2v) is 13.2. The third kappa shape index (κ3) is 5.93. The fraction of sp³-hybridized carbons (Fsp3) is 0.294. The van der Waals surface area contributed by atoms with Gasteiger partial charge in [-0.1, -0.05) is 58.8 Å². The van der Waals surface area contributed by atoms with Crippen molar-refractivity contribution in [3.63, 3.8) is 0 Å². The van der Waals surface area contributed by atoms with Crippen LogP contribution in [-0.2, 0) is 0 Å². The average molecular weight is 573 g/mol. The number of rotatable bonds is 7. The number of hydrogen-bond donors (Lipinski definition) is 2. The molecule has 208 valence electrons. The van der Waals surface area contributed by atoms with E-state index >= 15 is 0 Å². The van der Waals surface area contributed by atoms with E-state index < -0.39 is 11.6 Å². The monoisotopic (exact) mass is 572 g/mol. The lowest BCUT2D eigenvalue weighted by Crippen LogP contribution is -2.24. The van der Waals surface area contributed by atoms with Crippen molar-refractivity contribution in [2.24, 2.45) is 0 Å². The molecule has 6 heteroatoms. The number of ketones is 2.